The minimum Gasteiger partial charge on any atom is -0.481 e. The number of carboxylic acids is 1. The van der Waals surface area contributed by atoms with Crippen LogP contribution in [0.15, 0.2) is 0 Å². The Morgan fingerprint density at radius 1 is 1.50 bits per heavy atom. The van der Waals surface area contributed by atoms with E-state index in [1.54, 1.807) is 6.92 Å². The third-order valence-electron chi connectivity index (χ3n) is 2.04. The Labute approximate surface area is 81.1 Å². The number of likely N-dealkylation sites (N-methyl/N-ethyl adjacent to an activating group) is 1. The van der Waals surface area contributed by atoms with Gasteiger partial charge in [-0.3, -0.25) is 14.5 Å². The summed E-state index contributed by atoms with van der Waals surface area (Å²) in [4.78, 5) is 35.2. The monoisotopic (exact) mass is 200 g/mol. The highest BCUT2D eigenvalue weighted by molar-refractivity contribution is 6.02. The molecule has 0 aromatic carbocycles. The van der Waals surface area contributed by atoms with Gasteiger partial charge in [0.2, 0.25) is 5.91 Å². The molecule has 1 heterocycles. The maximum absolute atomic E-state index is 11.4. The van der Waals surface area contributed by atoms with Crippen molar-refractivity contribution in [2.45, 2.75) is 13.3 Å². The molecule has 6 heteroatoms. The molecule has 0 saturated carbocycles. The molecule has 0 bridgehead atoms. The van der Waals surface area contributed by atoms with E-state index in [9.17, 15) is 14.4 Å². The van der Waals surface area contributed by atoms with E-state index in [0.717, 1.165) is 4.90 Å². The fourth-order valence-corrected chi connectivity index (χ4v) is 1.31. The first kappa shape index (κ1) is 10.5. The molecule has 1 saturated heterocycles. The van der Waals surface area contributed by atoms with E-state index in [2.05, 4.69) is 0 Å². The number of amides is 3. The number of urea groups is 1. The van der Waals surface area contributed by atoms with Crippen LogP contribution in [-0.2, 0) is 9.59 Å². The van der Waals surface area contributed by atoms with Crippen molar-refractivity contribution < 1.29 is 19.5 Å². The van der Waals surface area contributed by atoms with Crippen molar-refractivity contribution in [3.8, 4) is 0 Å². The Morgan fingerprint density at radius 3 is 2.57 bits per heavy atom. The molecule has 0 radical (unpaired) electrons. The smallest absolute Gasteiger partial charge is 0.327 e. The Hall–Kier alpha value is -1.59. The van der Waals surface area contributed by atoms with Gasteiger partial charge >= 0.3 is 12.0 Å². The summed E-state index contributed by atoms with van der Waals surface area (Å²) in [5.74, 6) is -1.23. The van der Waals surface area contributed by atoms with Crippen molar-refractivity contribution in [1.82, 2.24) is 9.80 Å². The lowest BCUT2D eigenvalue weighted by Gasteiger charge is -2.14. The van der Waals surface area contributed by atoms with Crippen LogP contribution in [0.3, 0.4) is 0 Å². The van der Waals surface area contributed by atoms with E-state index < -0.39 is 12.0 Å². The number of hydrogen-bond donors (Lipinski definition) is 1. The summed E-state index contributed by atoms with van der Waals surface area (Å²) in [6, 6.07) is -0.390. The average Bonchev–Trinajstić information content (AvgIpc) is 2.38. The average molecular weight is 200 g/mol. The van der Waals surface area contributed by atoms with Crippen molar-refractivity contribution in [2.75, 3.05) is 19.6 Å². The van der Waals surface area contributed by atoms with Gasteiger partial charge in [-0.1, -0.05) is 0 Å². The standard InChI is InChI=1S/C8H12N2O4/c1-2-10-6(11)5-9(8(10)14)4-3-7(12)13/h2-5H2,1H3,(H,12,13). The summed E-state index contributed by atoms with van der Waals surface area (Å²) in [7, 11) is 0. The molecule has 3 amide bonds. The number of aliphatic carboxylic acids is 1. The van der Waals surface area contributed by atoms with Gasteiger partial charge in [0, 0.05) is 13.1 Å². The molecule has 1 aliphatic heterocycles. The molecular weight excluding hydrogens is 188 g/mol. The first-order valence-electron chi connectivity index (χ1n) is 4.37. The summed E-state index contributed by atoms with van der Waals surface area (Å²) in [6.45, 7) is 2.13. The van der Waals surface area contributed by atoms with E-state index in [1.807, 2.05) is 0 Å². The van der Waals surface area contributed by atoms with Crippen molar-refractivity contribution >= 4 is 17.9 Å². The molecule has 6 nitrogen and oxygen atoms in total. The Bertz CT molecular complexity index is 277. The molecular formula is C8H12N2O4. The first-order valence-corrected chi connectivity index (χ1v) is 4.37. The first-order chi connectivity index (χ1) is 6.56. The highest BCUT2D eigenvalue weighted by atomic mass is 16.4. The van der Waals surface area contributed by atoms with Gasteiger partial charge in [0.25, 0.3) is 0 Å². The van der Waals surface area contributed by atoms with Crippen LogP contribution in [0, 0.1) is 0 Å². The zero-order chi connectivity index (χ0) is 10.7. The number of imide groups is 1. The molecule has 0 atom stereocenters. The molecule has 0 spiro atoms. The normalized spacial score (nSPS) is 16.6. The van der Waals surface area contributed by atoms with Crippen LogP contribution in [0.5, 0.6) is 0 Å². The summed E-state index contributed by atoms with van der Waals surface area (Å²) in [6.07, 6.45) is -0.128. The second kappa shape index (κ2) is 4.08. The Balaban J connectivity index is 2.53. The van der Waals surface area contributed by atoms with Crippen LogP contribution in [0.4, 0.5) is 4.79 Å². The molecule has 0 aromatic rings. The van der Waals surface area contributed by atoms with E-state index >= 15 is 0 Å². The molecule has 1 rings (SSSR count). The van der Waals surface area contributed by atoms with Crippen LogP contribution >= 0.6 is 0 Å². The van der Waals surface area contributed by atoms with Gasteiger partial charge in [-0.25, -0.2) is 4.79 Å². The predicted octanol–water partition coefficient (Wildman–Crippen LogP) is -0.255. The SMILES string of the molecule is CCN1C(=O)CN(CCC(=O)O)C1=O. The van der Waals surface area contributed by atoms with Crippen LogP contribution in [0.25, 0.3) is 0 Å². The van der Waals surface area contributed by atoms with Gasteiger partial charge in [-0.2, -0.15) is 0 Å². The van der Waals surface area contributed by atoms with Crippen molar-refractivity contribution in [3.05, 3.63) is 0 Å². The summed E-state index contributed by atoms with van der Waals surface area (Å²) in [5.41, 5.74) is 0. The van der Waals surface area contributed by atoms with Gasteiger partial charge in [0.15, 0.2) is 0 Å². The predicted molar refractivity (Wildman–Crippen MR) is 46.6 cm³/mol. The maximum Gasteiger partial charge on any atom is 0.327 e. The van der Waals surface area contributed by atoms with Crippen LogP contribution < -0.4 is 0 Å². The van der Waals surface area contributed by atoms with E-state index in [-0.39, 0.29) is 25.4 Å². The molecule has 0 aliphatic carbocycles. The molecule has 0 unspecified atom stereocenters. The van der Waals surface area contributed by atoms with Crippen LogP contribution in [0.2, 0.25) is 0 Å². The third-order valence-corrected chi connectivity index (χ3v) is 2.04. The molecule has 1 N–H and O–H groups in total. The second-order valence-corrected chi connectivity index (χ2v) is 2.99. The van der Waals surface area contributed by atoms with Gasteiger partial charge < -0.3 is 10.0 Å². The number of carbonyl (C=O) groups excluding carboxylic acids is 2. The highest BCUT2D eigenvalue weighted by Crippen LogP contribution is 2.09. The molecule has 78 valence electrons. The lowest BCUT2D eigenvalue weighted by atomic mass is 10.4. The maximum atomic E-state index is 11.4. The van der Waals surface area contributed by atoms with Crippen LogP contribution in [0.1, 0.15) is 13.3 Å². The number of nitrogens with zero attached hydrogens (tertiary/aromatic N) is 2. The second-order valence-electron chi connectivity index (χ2n) is 2.99. The molecule has 14 heavy (non-hydrogen) atoms. The lowest BCUT2D eigenvalue weighted by Crippen LogP contribution is -2.33. The van der Waals surface area contributed by atoms with Gasteiger partial charge in [0.05, 0.1) is 6.42 Å². The largest absolute Gasteiger partial charge is 0.481 e. The lowest BCUT2D eigenvalue weighted by molar-refractivity contribution is -0.137. The quantitative estimate of drug-likeness (QED) is 0.634. The van der Waals surface area contributed by atoms with Gasteiger partial charge in [0.1, 0.15) is 6.54 Å². The molecule has 1 fully saturated rings. The summed E-state index contributed by atoms with van der Waals surface area (Å²) in [5, 5.41) is 8.41. The number of hydrogen-bond acceptors (Lipinski definition) is 3. The summed E-state index contributed by atoms with van der Waals surface area (Å²) >= 11 is 0. The molecule has 0 aromatic heterocycles. The van der Waals surface area contributed by atoms with Crippen molar-refractivity contribution in [1.29, 1.82) is 0 Å². The van der Waals surface area contributed by atoms with E-state index in [1.165, 1.54) is 4.90 Å². The highest BCUT2D eigenvalue weighted by Gasteiger charge is 2.34. The number of carbonyl (C=O) groups is 3. The van der Waals surface area contributed by atoms with Crippen molar-refractivity contribution in [2.24, 2.45) is 0 Å². The Morgan fingerprint density at radius 2 is 2.14 bits per heavy atom. The third kappa shape index (κ3) is 2.01. The van der Waals surface area contributed by atoms with E-state index in [4.69, 9.17) is 5.11 Å². The van der Waals surface area contributed by atoms with Gasteiger partial charge in [-0.05, 0) is 6.92 Å². The van der Waals surface area contributed by atoms with Gasteiger partial charge in [-0.15, -0.1) is 0 Å². The summed E-state index contributed by atoms with van der Waals surface area (Å²) < 4.78 is 0. The molecule has 1 aliphatic rings. The number of rotatable bonds is 4. The topological polar surface area (TPSA) is 77.9 Å². The van der Waals surface area contributed by atoms with E-state index in [0.29, 0.717) is 6.54 Å². The minimum atomic E-state index is -0.972. The van der Waals surface area contributed by atoms with Crippen LogP contribution in [-0.4, -0.2) is 52.4 Å². The number of carboxylic acid groups (broad SMARTS) is 1. The van der Waals surface area contributed by atoms with Crippen molar-refractivity contribution in [3.63, 3.8) is 0 Å². The fraction of sp³-hybridized carbons (Fsp3) is 0.625. The fourth-order valence-electron chi connectivity index (χ4n) is 1.31. The zero-order valence-corrected chi connectivity index (χ0v) is 7.89. The Kier molecular flexibility index (Phi) is 3.06. The minimum absolute atomic E-state index is 0.0000463. The zero-order valence-electron chi connectivity index (χ0n) is 7.89.